The van der Waals surface area contributed by atoms with Gasteiger partial charge in [0.15, 0.2) is 18.9 Å². The van der Waals surface area contributed by atoms with Crippen LogP contribution in [0.4, 0.5) is 0 Å². The number of fused-ring (bicyclic) bond motifs is 2. The maximum absolute atomic E-state index is 2.28. The third kappa shape index (κ3) is 2.98. The van der Waals surface area contributed by atoms with Crippen molar-refractivity contribution in [2.75, 3.05) is 0 Å². The highest BCUT2D eigenvalue weighted by Gasteiger charge is 2.11. The Morgan fingerprint density at radius 3 is 1.74 bits per heavy atom. The lowest BCUT2D eigenvalue weighted by Crippen LogP contribution is -2.32. The fraction of sp³-hybridized carbons (Fsp3) is 0.0385. The Balaban J connectivity index is 1.64. The van der Waals surface area contributed by atoms with Gasteiger partial charge in [0.05, 0.1) is 0 Å². The smallest absolute Gasteiger partial charge is 0.173 e. The zero-order valence-corrected chi connectivity index (χ0v) is 15.0. The van der Waals surface area contributed by atoms with E-state index < -0.39 is 0 Å². The van der Waals surface area contributed by atoms with Gasteiger partial charge in [-0.3, -0.25) is 0 Å². The summed E-state index contributed by atoms with van der Waals surface area (Å²) in [4.78, 5) is 0. The summed E-state index contributed by atoms with van der Waals surface area (Å²) in [5.41, 5.74) is 3.88. The van der Waals surface area contributed by atoms with E-state index in [0.717, 1.165) is 6.54 Å². The summed E-state index contributed by atoms with van der Waals surface area (Å²) < 4.78 is 2.23. The van der Waals surface area contributed by atoms with Crippen molar-refractivity contribution in [2.45, 2.75) is 6.54 Å². The molecule has 0 amide bonds. The molecule has 0 aliphatic heterocycles. The fourth-order valence-corrected chi connectivity index (χ4v) is 3.85. The summed E-state index contributed by atoms with van der Waals surface area (Å²) in [6.45, 7) is 0.886. The highest BCUT2D eigenvalue weighted by Crippen LogP contribution is 2.35. The molecular weight excluding hydrogens is 326 g/mol. The molecule has 0 bridgehead atoms. The van der Waals surface area contributed by atoms with Crippen LogP contribution >= 0.6 is 0 Å². The Kier molecular flexibility index (Phi) is 3.91. The second-order valence-corrected chi connectivity index (χ2v) is 6.94. The van der Waals surface area contributed by atoms with Gasteiger partial charge in [0.25, 0.3) is 0 Å². The van der Waals surface area contributed by atoms with Crippen LogP contribution in [-0.4, -0.2) is 0 Å². The first-order chi connectivity index (χ1) is 13.4. The number of pyridine rings is 1. The molecule has 1 heteroatoms. The number of hydrogen-bond acceptors (Lipinski definition) is 0. The summed E-state index contributed by atoms with van der Waals surface area (Å²) >= 11 is 0. The van der Waals surface area contributed by atoms with E-state index in [9.17, 15) is 0 Å². The molecule has 4 aromatic carbocycles. The average molecular weight is 346 g/mol. The Hall–Kier alpha value is -3.45. The molecule has 0 unspecified atom stereocenters. The molecule has 0 fully saturated rings. The zero-order chi connectivity index (χ0) is 18.1. The van der Waals surface area contributed by atoms with Crippen LogP contribution in [0, 0.1) is 0 Å². The van der Waals surface area contributed by atoms with Gasteiger partial charge in [-0.15, -0.1) is 0 Å². The van der Waals surface area contributed by atoms with Crippen molar-refractivity contribution < 1.29 is 4.57 Å². The monoisotopic (exact) mass is 346 g/mol. The Morgan fingerprint density at radius 1 is 0.556 bits per heavy atom. The van der Waals surface area contributed by atoms with Gasteiger partial charge in [-0.2, -0.15) is 0 Å². The van der Waals surface area contributed by atoms with Crippen molar-refractivity contribution in [3.8, 4) is 11.1 Å². The molecule has 5 rings (SSSR count). The van der Waals surface area contributed by atoms with Gasteiger partial charge in [0.1, 0.15) is 0 Å². The maximum atomic E-state index is 2.28. The third-order valence-corrected chi connectivity index (χ3v) is 5.16. The Bertz CT molecular complexity index is 1170. The quantitative estimate of drug-likeness (QED) is 0.279. The minimum Gasteiger partial charge on any atom is -0.201 e. The van der Waals surface area contributed by atoms with E-state index in [-0.39, 0.29) is 0 Å². The van der Waals surface area contributed by atoms with Crippen LogP contribution in [0.2, 0.25) is 0 Å². The van der Waals surface area contributed by atoms with Crippen molar-refractivity contribution >= 4 is 21.5 Å². The second kappa shape index (κ2) is 6.69. The van der Waals surface area contributed by atoms with Gasteiger partial charge in [0, 0.05) is 17.7 Å². The van der Waals surface area contributed by atoms with Crippen molar-refractivity contribution in [3.05, 3.63) is 115 Å². The van der Waals surface area contributed by atoms with E-state index in [1.54, 1.807) is 0 Å². The lowest BCUT2D eigenvalue weighted by Gasteiger charge is -2.11. The molecule has 0 aliphatic carbocycles. The second-order valence-electron chi connectivity index (χ2n) is 6.94. The van der Waals surface area contributed by atoms with E-state index >= 15 is 0 Å². The molecule has 0 saturated heterocycles. The highest BCUT2D eigenvalue weighted by molar-refractivity contribution is 6.12. The van der Waals surface area contributed by atoms with Gasteiger partial charge in [-0.05, 0) is 38.7 Å². The highest BCUT2D eigenvalue weighted by atomic mass is 14.9. The Morgan fingerprint density at radius 2 is 1.11 bits per heavy atom. The molecule has 0 N–H and O–H groups in total. The molecule has 1 heterocycles. The van der Waals surface area contributed by atoms with Crippen LogP contribution in [0.3, 0.4) is 0 Å². The van der Waals surface area contributed by atoms with Gasteiger partial charge >= 0.3 is 0 Å². The molecule has 128 valence electrons. The van der Waals surface area contributed by atoms with Crippen LogP contribution in [0.25, 0.3) is 32.7 Å². The largest absolute Gasteiger partial charge is 0.201 e. The molecule has 0 atom stereocenters. The number of benzene rings is 4. The minimum absolute atomic E-state index is 0.886. The molecule has 1 aromatic heterocycles. The lowest BCUT2D eigenvalue weighted by atomic mass is 9.92. The van der Waals surface area contributed by atoms with Crippen LogP contribution in [0.5, 0.6) is 0 Å². The summed E-state index contributed by atoms with van der Waals surface area (Å²) in [6.07, 6.45) is 4.36. The van der Waals surface area contributed by atoms with Gasteiger partial charge in [0.2, 0.25) is 0 Å². The molecular formula is C26H20N+. The van der Waals surface area contributed by atoms with E-state index in [4.69, 9.17) is 0 Å². The SMILES string of the molecule is c1ccc(C[n+]2ccc(-c3c4ccccc4cc4ccccc34)cc2)cc1. The standard InChI is InChI=1S/C26H20N/c1-2-8-20(9-3-1)19-27-16-14-21(15-17-27)26-24-12-6-4-10-22(24)18-23-11-5-7-13-25(23)26/h1-18H,19H2/q+1. The predicted molar refractivity (Wildman–Crippen MR) is 113 cm³/mol. The molecule has 0 aliphatic rings. The first kappa shape index (κ1) is 15.8. The average Bonchev–Trinajstić information content (AvgIpc) is 2.73. The van der Waals surface area contributed by atoms with Crippen LogP contribution in [-0.2, 0) is 6.54 Å². The number of aromatic nitrogens is 1. The van der Waals surface area contributed by atoms with Gasteiger partial charge in [-0.1, -0.05) is 78.9 Å². The van der Waals surface area contributed by atoms with Crippen LogP contribution in [0.1, 0.15) is 5.56 Å². The van der Waals surface area contributed by atoms with Gasteiger partial charge < -0.3 is 0 Å². The minimum atomic E-state index is 0.886. The molecule has 27 heavy (non-hydrogen) atoms. The van der Waals surface area contributed by atoms with Crippen molar-refractivity contribution in [2.24, 2.45) is 0 Å². The number of hydrogen-bond donors (Lipinski definition) is 0. The first-order valence-electron chi connectivity index (χ1n) is 9.32. The summed E-state index contributed by atoms with van der Waals surface area (Å²) in [6, 6.07) is 34.6. The summed E-state index contributed by atoms with van der Waals surface area (Å²) in [7, 11) is 0. The molecule has 0 spiro atoms. The number of rotatable bonds is 3. The normalized spacial score (nSPS) is 11.1. The predicted octanol–water partition coefficient (Wildman–Crippen LogP) is 6.00. The molecule has 1 nitrogen and oxygen atoms in total. The van der Waals surface area contributed by atoms with E-state index in [1.807, 2.05) is 0 Å². The van der Waals surface area contributed by atoms with Crippen molar-refractivity contribution in [1.82, 2.24) is 0 Å². The third-order valence-electron chi connectivity index (χ3n) is 5.16. The molecule has 0 radical (unpaired) electrons. The van der Waals surface area contributed by atoms with Crippen molar-refractivity contribution in [3.63, 3.8) is 0 Å². The first-order valence-corrected chi connectivity index (χ1v) is 9.32. The Labute approximate surface area is 159 Å². The zero-order valence-electron chi connectivity index (χ0n) is 15.0. The van der Waals surface area contributed by atoms with E-state index in [1.165, 1.54) is 38.2 Å². The maximum Gasteiger partial charge on any atom is 0.173 e. The topological polar surface area (TPSA) is 3.88 Å². The molecule has 0 saturated carbocycles. The van der Waals surface area contributed by atoms with Gasteiger partial charge in [-0.25, -0.2) is 4.57 Å². The van der Waals surface area contributed by atoms with E-state index in [0.29, 0.717) is 0 Å². The summed E-state index contributed by atoms with van der Waals surface area (Å²) in [5, 5.41) is 5.17. The van der Waals surface area contributed by atoms with E-state index in [2.05, 4.69) is 114 Å². The van der Waals surface area contributed by atoms with Crippen molar-refractivity contribution in [1.29, 1.82) is 0 Å². The molecule has 5 aromatic rings. The number of nitrogens with zero attached hydrogens (tertiary/aromatic N) is 1. The van der Waals surface area contributed by atoms with Crippen LogP contribution in [0.15, 0.2) is 109 Å². The summed E-state index contributed by atoms with van der Waals surface area (Å²) in [5.74, 6) is 0. The van der Waals surface area contributed by atoms with Crippen LogP contribution < -0.4 is 4.57 Å². The lowest BCUT2D eigenvalue weighted by molar-refractivity contribution is -0.688. The fourth-order valence-electron chi connectivity index (χ4n) is 3.85.